The van der Waals surface area contributed by atoms with Crippen molar-refractivity contribution in [2.45, 2.75) is 0 Å². The van der Waals surface area contributed by atoms with Crippen LogP contribution in [0.2, 0.25) is 0 Å². The maximum atomic E-state index is 11.6. The van der Waals surface area contributed by atoms with Crippen molar-refractivity contribution in [2.24, 2.45) is 0 Å². The summed E-state index contributed by atoms with van der Waals surface area (Å²) in [6.07, 6.45) is 3.25. The molecule has 0 fully saturated rings. The zero-order chi connectivity index (χ0) is 11.0. The molecule has 2 aromatic heterocycles. The SMILES string of the molecule is O=c1occcc1-c1cccc2cc[nH]c12. The van der Waals surface area contributed by atoms with E-state index in [0.717, 1.165) is 16.5 Å². The van der Waals surface area contributed by atoms with Crippen molar-refractivity contribution in [3.8, 4) is 11.1 Å². The second kappa shape index (κ2) is 3.38. The van der Waals surface area contributed by atoms with Crippen LogP contribution in [0, 0.1) is 0 Å². The third-order valence-corrected chi connectivity index (χ3v) is 2.61. The summed E-state index contributed by atoms with van der Waals surface area (Å²) in [7, 11) is 0. The van der Waals surface area contributed by atoms with Crippen LogP contribution in [0.25, 0.3) is 22.0 Å². The predicted molar refractivity (Wildman–Crippen MR) is 62.3 cm³/mol. The highest BCUT2D eigenvalue weighted by molar-refractivity contribution is 5.93. The van der Waals surface area contributed by atoms with Gasteiger partial charge in [0.05, 0.1) is 17.3 Å². The highest BCUT2D eigenvalue weighted by atomic mass is 16.4. The van der Waals surface area contributed by atoms with Gasteiger partial charge in [-0.2, -0.15) is 0 Å². The number of hydrogen-bond acceptors (Lipinski definition) is 2. The lowest BCUT2D eigenvalue weighted by Crippen LogP contribution is -2.01. The van der Waals surface area contributed by atoms with E-state index in [-0.39, 0.29) is 5.63 Å². The first-order chi connectivity index (χ1) is 7.86. The normalized spacial score (nSPS) is 10.8. The maximum Gasteiger partial charge on any atom is 0.343 e. The zero-order valence-electron chi connectivity index (χ0n) is 8.44. The Kier molecular flexibility index (Phi) is 1.90. The third-order valence-electron chi connectivity index (χ3n) is 2.61. The first-order valence-corrected chi connectivity index (χ1v) is 5.00. The fraction of sp³-hybridized carbons (Fsp3) is 0. The lowest BCUT2D eigenvalue weighted by Gasteiger charge is -2.01. The van der Waals surface area contributed by atoms with Gasteiger partial charge in [0.25, 0.3) is 0 Å². The number of aromatic amines is 1. The van der Waals surface area contributed by atoms with Gasteiger partial charge in [0.1, 0.15) is 0 Å². The van der Waals surface area contributed by atoms with E-state index in [0.29, 0.717) is 5.56 Å². The summed E-state index contributed by atoms with van der Waals surface area (Å²) in [6, 6.07) is 11.3. The molecule has 1 aromatic carbocycles. The first-order valence-electron chi connectivity index (χ1n) is 5.00. The first kappa shape index (κ1) is 8.97. The Morgan fingerprint density at radius 3 is 2.75 bits per heavy atom. The molecular formula is C13H9NO2. The third kappa shape index (κ3) is 1.26. The topological polar surface area (TPSA) is 46.0 Å². The van der Waals surface area contributed by atoms with Crippen molar-refractivity contribution < 1.29 is 4.42 Å². The van der Waals surface area contributed by atoms with Gasteiger partial charge >= 0.3 is 5.63 Å². The Balaban J connectivity index is 2.39. The lowest BCUT2D eigenvalue weighted by molar-refractivity contribution is 0.513. The molecule has 1 N–H and O–H groups in total. The number of hydrogen-bond donors (Lipinski definition) is 1. The Hall–Kier alpha value is -2.29. The summed E-state index contributed by atoms with van der Waals surface area (Å²) < 4.78 is 4.87. The minimum absolute atomic E-state index is 0.315. The van der Waals surface area contributed by atoms with E-state index in [1.54, 1.807) is 12.1 Å². The van der Waals surface area contributed by atoms with Crippen LogP contribution in [0.1, 0.15) is 0 Å². The van der Waals surface area contributed by atoms with E-state index < -0.39 is 0 Å². The van der Waals surface area contributed by atoms with Crippen molar-refractivity contribution in [3.63, 3.8) is 0 Å². The number of nitrogens with one attached hydrogen (secondary N) is 1. The number of fused-ring (bicyclic) bond motifs is 1. The van der Waals surface area contributed by atoms with Gasteiger partial charge in [0.2, 0.25) is 0 Å². The Labute approximate surface area is 91.3 Å². The number of benzene rings is 1. The average molecular weight is 211 g/mol. The van der Waals surface area contributed by atoms with E-state index in [4.69, 9.17) is 4.42 Å². The van der Waals surface area contributed by atoms with Gasteiger partial charge in [-0.1, -0.05) is 18.2 Å². The van der Waals surface area contributed by atoms with Crippen LogP contribution in [0.5, 0.6) is 0 Å². The van der Waals surface area contributed by atoms with E-state index in [1.165, 1.54) is 6.26 Å². The van der Waals surface area contributed by atoms with Gasteiger partial charge in [0, 0.05) is 11.8 Å². The molecule has 78 valence electrons. The molecule has 3 heteroatoms. The highest BCUT2D eigenvalue weighted by Crippen LogP contribution is 2.24. The van der Waals surface area contributed by atoms with Crippen molar-refractivity contribution in [2.75, 3.05) is 0 Å². The van der Waals surface area contributed by atoms with Gasteiger partial charge in [-0.05, 0) is 23.6 Å². The average Bonchev–Trinajstić information content (AvgIpc) is 2.77. The Morgan fingerprint density at radius 1 is 1.00 bits per heavy atom. The molecule has 0 saturated heterocycles. The molecule has 0 amide bonds. The van der Waals surface area contributed by atoms with Gasteiger partial charge in [0.15, 0.2) is 0 Å². The molecule has 2 heterocycles. The second-order valence-electron chi connectivity index (χ2n) is 3.56. The fourth-order valence-corrected chi connectivity index (χ4v) is 1.88. The summed E-state index contributed by atoms with van der Waals surface area (Å²) in [5.41, 5.74) is 2.10. The largest absolute Gasteiger partial charge is 0.431 e. The highest BCUT2D eigenvalue weighted by Gasteiger charge is 2.08. The quantitative estimate of drug-likeness (QED) is 0.672. The standard InChI is InChI=1S/C13H9NO2/c15-13-11(5-2-8-16-13)10-4-1-3-9-6-7-14-12(9)10/h1-8,14H. The molecular weight excluding hydrogens is 202 g/mol. The molecule has 0 aliphatic carbocycles. The number of aromatic nitrogens is 1. The number of rotatable bonds is 1. The molecule has 16 heavy (non-hydrogen) atoms. The van der Waals surface area contributed by atoms with Crippen LogP contribution in [-0.4, -0.2) is 4.98 Å². The summed E-state index contributed by atoms with van der Waals surface area (Å²) >= 11 is 0. The smallest absolute Gasteiger partial charge is 0.343 e. The van der Waals surface area contributed by atoms with Crippen molar-refractivity contribution in [3.05, 3.63) is 59.3 Å². The molecule has 0 aliphatic rings. The van der Waals surface area contributed by atoms with Crippen LogP contribution in [0.4, 0.5) is 0 Å². The molecule has 0 radical (unpaired) electrons. The molecule has 0 saturated carbocycles. The maximum absolute atomic E-state index is 11.6. The van der Waals surface area contributed by atoms with Crippen LogP contribution in [0.3, 0.4) is 0 Å². The lowest BCUT2D eigenvalue weighted by atomic mass is 10.1. The molecule has 0 spiro atoms. The second-order valence-corrected chi connectivity index (χ2v) is 3.56. The minimum atomic E-state index is -0.315. The van der Waals surface area contributed by atoms with Gasteiger partial charge in [-0.3, -0.25) is 0 Å². The molecule has 0 aliphatic heterocycles. The van der Waals surface area contributed by atoms with Crippen molar-refractivity contribution in [1.82, 2.24) is 4.98 Å². The minimum Gasteiger partial charge on any atom is -0.431 e. The Bertz CT molecular complexity index is 694. The van der Waals surface area contributed by atoms with E-state index in [9.17, 15) is 4.79 Å². The zero-order valence-corrected chi connectivity index (χ0v) is 8.44. The fourth-order valence-electron chi connectivity index (χ4n) is 1.88. The van der Waals surface area contributed by atoms with Gasteiger partial charge in [-0.25, -0.2) is 4.79 Å². The molecule has 3 rings (SSSR count). The van der Waals surface area contributed by atoms with E-state index in [2.05, 4.69) is 4.98 Å². The summed E-state index contributed by atoms with van der Waals surface area (Å²) in [6.45, 7) is 0. The number of para-hydroxylation sites is 1. The monoisotopic (exact) mass is 211 g/mol. The van der Waals surface area contributed by atoms with Crippen molar-refractivity contribution in [1.29, 1.82) is 0 Å². The summed E-state index contributed by atoms with van der Waals surface area (Å²) in [4.78, 5) is 14.7. The predicted octanol–water partition coefficient (Wildman–Crippen LogP) is 2.79. The van der Waals surface area contributed by atoms with Crippen LogP contribution in [-0.2, 0) is 0 Å². The molecule has 0 atom stereocenters. The molecule has 0 bridgehead atoms. The molecule has 3 nitrogen and oxygen atoms in total. The van der Waals surface area contributed by atoms with E-state index >= 15 is 0 Å². The van der Waals surface area contributed by atoms with Gasteiger partial charge < -0.3 is 9.40 Å². The molecule has 0 unspecified atom stereocenters. The van der Waals surface area contributed by atoms with Crippen LogP contribution in [0.15, 0.2) is 58.1 Å². The van der Waals surface area contributed by atoms with Crippen LogP contribution < -0.4 is 5.63 Å². The van der Waals surface area contributed by atoms with Crippen LogP contribution >= 0.6 is 0 Å². The van der Waals surface area contributed by atoms with Crippen molar-refractivity contribution >= 4 is 10.9 Å². The molecule has 3 aromatic rings. The summed E-state index contributed by atoms with van der Waals surface area (Å²) in [5, 5.41) is 1.08. The Morgan fingerprint density at radius 2 is 1.88 bits per heavy atom. The number of H-pyrrole nitrogens is 1. The van der Waals surface area contributed by atoms with E-state index in [1.807, 2.05) is 30.5 Å². The summed E-state index contributed by atoms with van der Waals surface area (Å²) in [5.74, 6) is 0. The van der Waals surface area contributed by atoms with Gasteiger partial charge in [-0.15, -0.1) is 0 Å².